The Labute approximate surface area is 84.7 Å². The van der Waals surface area contributed by atoms with Crippen molar-refractivity contribution in [1.82, 2.24) is 5.32 Å². The zero-order valence-electron chi connectivity index (χ0n) is 9.07. The molecule has 1 atom stereocenters. The fourth-order valence-corrected chi connectivity index (χ4v) is 2.58. The summed E-state index contributed by atoms with van der Waals surface area (Å²) in [5.74, 6) is -0.864. The van der Waals surface area contributed by atoms with Gasteiger partial charge < -0.3 is 14.4 Å². The molecule has 0 rings (SSSR count). The Morgan fingerprint density at radius 2 is 1.79 bits per heavy atom. The van der Waals surface area contributed by atoms with Crippen LogP contribution in [0.2, 0.25) is 0 Å². The minimum absolute atomic E-state index is 0.253. The zero-order valence-corrected chi connectivity index (χ0v) is 9.97. The molecule has 0 heterocycles. The third-order valence-corrected chi connectivity index (χ3v) is 3.82. The molecular formula is C8H18NO4P. The molecule has 6 heteroatoms. The second kappa shape index (κ2) is 6.17. The average molecular weight is 223 g/mol. The van der Waals surface area contributed by atoms with Gasteiger partial charge in [0.25, 0.3) is 0 Å². The monoisotopic (exact) mass is 223 g/mol. The maximum absolute atomic E-state index is 12.0. The van der Waals surface area contributed by atoms with E-state index >= 15 is 0 Å². The molecule has 0 radical (unpaired) electrons. The first kappa shape index (κ1) is 13.6. The smallest absolute Gasteiger partial charge is 0.342 e. The van der Waals surface area contributed by atoms with Gasteiger partial charge in [0.1, 0.15) is 5.78 Å². The fourth-order valence-electron chi connectivity index (χ4n) is 0.994. The summed E-state index contributed by atoms with van der Waals surface area (Å²) in [5, 5.41) is 2.50. The molecule has 14 heavy (non-hydrogen) atoms. The minimum Gasteiger partial charge on any atom is -0.342 e. The first-order chi connectivity index (χ1) is 6.46. The summed E-state index contributed by atoms with van der Waals surface area (Å²) in [6.07, 6.45) is 0. The zero-order chi connectivity index (χ0) is 11.2. The summed E-state index contributed by atoms with van der Waals surface area (Å²) in [7, 11) is -3.20. The highest BCUT2D eigenvalue weighted by Crippen LogP contribution is 2.51. The van der Waals surface area contributed by atoms with Crippen LogP contribution in [-0.4, -0.2) is 24.9 Å². The van der Waals surface area contributed by atoms with Crippen LogP contribution in [0.25, 0.3) is 0 Å². The van der Waals surface area contributed by atoms with Crippen molar-refractivity contribution in [1.29, 1.82) is 0 Å². The molecule has 0 aromatic carbocycles. The molecule has 0 aromatic rings. The fraction of sp³-hybridized carbons (Fsp3) is 0.875. The lowest BCUT2D eigenvalue weighted by Crippen LogP contribution is -2.31. The van der Waals surface area contributed by atoms with Gasteiger partial charge in [0.15, 0.2) is 0 Å². The topological polar surface area (TPSA) is 64.6 Å². The number of carbonyl (C=O) groups excluding carboxylic acids is 1. The molecule has 1 amide bonds. The van der Waals surface area contributed by atoms with E-state index in [0.717, 1.165) is 0 Å². The Bertz CT molecular complexity index is 221. The van der Waals surface area contributed by atoms with Crippen LogP contribution in [0.1, 0.15) is 27.7 Å². The van der Waals surface area contributed by atoms with Gasteiger partial charge in [-0.15, -0.1) is 0 Å². The summed E-state index contributed by atoms with van der Waals surface area (Å²) in [6, 6.07) is 0. The van der Waals surface area contributed by atoms with E-state index in [9.17, 15) is 9.36 Å². The van der Waals surface area contributed by atoms with Crippen molar-refractivity contribution in [2.75, 3.05) is 13.2 Å². The first-order valence-corrected chi connectivity index (χ1v) is 6.23. The van der Waals surface area contributed by atoms with Crippen molar-refractivity contribution in [3.8, 4) is 0 Å². The number of hydrogen-bond donors (Lipinski definition) is 1. The molecule has 0 aliphatic rings. The number of amides is 1. The summed E-state index contributed by atoms with van der Waals surface area (Å²) >= 11 is 0. The predicted molar refractivity (Wildman–Crippen MR) is 54.1 cm³/mol. The van der Waals surface area contributed by atoms with Crippen molar-refractivity contribution in [2.45, 2.75) is 33.5 Å². The van der Waals surface area contributed by atoms with Crippen molar-refractivity contribution in [3.05, 3.63) is 0 Å². The van der Waals surface area contributed by atoms with Gasteiger partial charge in [-0.05, 0) is 20.8 Å². The van der Waals surface area contributed by atoms with E-state index in [2.05, 4.69) is 5.32 Å². The number of rotatable bonds is 6. The van der Waals surface area contributed by atoms with Gasteiger partial charge in [-0.2, -0.15) is 0 Å². The highest BCUT2D eigenvalue weighted by molar-refractivity contribution is 7.54. The average Bonchev–Trinajstić information content (AvgIpc) is 2.03. The molecule has 0 fully saturated rings. The summed E-state index contributed by atoms with van der Waals surface area (Å²) in [5.41, 5.74) is 0. The van der Waals surface area contributed by atoms with Crippen LogP contribution in [0.4, 0.5) is 0 Å². The quantitative estimate of drug-likeness (QED) is 0.696. The lowest BCUT2D eigenvalue weighted by atomic mass is 10.6. The van der Waals surface area contributed by atoms with E-state index in [1.54, 1.807) is 20.8 Å². The van der Waals surface area contributed by atoms with Crippen LogP contribution in [-0.2, 0) is 18.4 Å². The second-order valence-corrected chi connectivity index (χ2v) is 5.12. The molecule has 84 valence electrons. The highest BCUT2D eigenvalue weighted by atomic mass is 31.2. The molecule has 1 N–H and O–H groups in total. The standard InChI is InChI=1S/C8H18NO4P/c1-5-12-14(11,13-6-2)8(4)9-7(3)10/h8H,5-6H2,1-4H3,(H,9,10). The molecule has 1 unspecified atom stereocenters. The predicted octanol–water partition coefficient (Wildman–Crippen LogP) is 1.73. The Balaban J connectivity index is 4.46. The highest BCUT2D eigenvalue weighted by Gasteiger charge is 2.32. The van der Waals surface area contributed by atoms with Crippen LogP contribution in [0, 0.1) is 0 Å². The van der Waals surface area contributed by atoms with E-state index in [-0.39, 0.29) is 5.91 Å². The SMILES string of the molecule is CCOP(=O)(OCC)C(C)NC(C)=O. The van der Waals surface area contributed by atoms with E-state index in [4.69, 9.17) is 9.05 Å². The van der Waals surface area contributed by atoms with Crippen LogP contribution >= 0.6 is 7.60 Å². The van der Waals surface area contributed by atoms with Gasteiger partial charge >= 0.3 is 7.60 Å². The van der Waals surface area contributed by atoms with Gasteiger partial charge in [-0.1, -0.05) is 0 Å². The number of hydrogen-bond acceptors (Lipinski definition) is 4. The van der Waals surface area contributed by atoms with Crippen LogP contribution in [0.15, 0.2) is 0 Å². The Morgan fingerprint density at radius 1 is 1.36 bits per heavy atom. The normalized spacial score (nSPS) is 13.7. The number of carbonyl (C=O) groups is 1. The van der Waals surface area contributed by atoms with E-state index in [1.165, 1.54) is 6.92 Å². The van der Waals surface area contributed by atoms with Crippen LogP contribution in [0.3, 0.4) is 0 Å². The summed E-state index contributed by atoms with van der Waals surface area (Å²) < 4.78 is 22.1. The maximum atomic E-state index is 12.0. The van der Waals surface area contributed by atoms with Gasteiger partial charge in [-0.3, -0.25) is 9.36 Å². The third-order valence-electron chi connectivity index (χ3n) is 1.50. The van der Waals surface area contributed by atoms with Gasteiger partial charge in [0, 0.05) is 6.92 Å². The first-order valence-electron chi connectivity index (χ1n) is 4.62. The van der Waals surface area contributed by atoms with Crippen molar-refractivity contribution in [3.63, 3.8) is 0 Å². The molecule has 0 saturated carbocycles. The van der Waals surface area contributed by atoms with E-state index in [0.29, 0.717) is 13.2 Å². The Hall–Kier alpha value is -0.380. The molecule has 0 aromatic heterocycles. The summed E-state index contributed by atoms with van der Waals surface area (Å²) in [6.45, 7) is 7.01. The second-order valence-electron chi connectivity index (χ2n) is 2.75. The minimum atomic E-state index is -3.20. The lowest BCUT2D eigenvalue weighted by molar-refractivity contribution is -0.119. The molecular weight excluding hydrogens is 205 g/mol. The van der Waals surface area contributed by atoms with E-state index < -0.39 is 13.4 Å². The molecule has 0 aliphatic carbocycles. The molecule has 0 aliphatic heterocycles. The van der Waals surface area contributed by atoms with Gasteiger partial charge in [0.05, 0.1) is 13.2 Å². The largest absolute Gasteiger partial charge is 0.352 e. The van der Waals surface area contributed by atoms with Crippen LogP contribution < -0.4 is 5.32 Å². The van der Waals surface area contributed by atoms with Crippen LogP contribution in [0.5, 0.6) is 0 Å². The maximum Gasteiger partial charge on any atom is 0.352 e. The van der Waals surface area contributed by atoms with Crippen molar-refractivity contribution in [2.24, 2.45) is 0 Å². The Morgan fingerprint density at radius 3 is 2.07 bits per heavy atom. The number of nitrogens with one attached hydrogen (secondary N) is 1. The Kier molecular flexibility index (Phi) is 6.00. The van der Waals surface area contributed by atoms with Crippen molar-refractivity contribution >= 4 is 13.5 Å². The van der Waals surface area contributed by atoms with Crippen molar-refractivity contribution < 1.29 is 18.4 Å². The van der Waals surface area contributed by atoms with E-state index in [1.807, 2.05) is 0 Å². The summed E-state index contributed by atoms with van der Waals surface area (Å²) in [4.78, 5) is 10.8. The van der Waals surface area contributed by atoms with Gasteiger partial charge in [0.2, 0.25) is 5.91 Å². The van der Waals surface area contributed by atoms with Gasteiger partial charge in [-0.25, -0.2) is 0 Å². The molecule has 0 spiro atoms. The molecule has 0 bridgehead atoms. The lowest BCUT2D eigenvalue weighted by Gasteiger charge is -2.23. The third kappa shape index (κ3) is 4.22. The molecule has 5 nitrogen and oxygen atoms in total. The molecule has 0 saturated heterocycles.